The quantitative estimate of drug-likeness (QED) is 0.726. The Hall–Kier alpha value is -2.43. The number of rotatable bonds is 1. The van der Waals surface area contributed by atoms with Gasteiger partial charge in [0.05, 0.1) is 5.57 Å². The summed E-state index contributed by atoms with van der Waals surface area (Å²) in [6, 6.07) is 4.23. The molecule has 0 bridgehead atoms. The van der Waals surface area contributed by atoms with Crippen LogP contribution in [0.4, 0.5) is 4.39 Å². The number of carbonyl (C=O) groups excluding carboxylic acids is 2. The lowest BCUT2D eigenvalue weighted by Crippen LogP contribution is -2.21. The molecule has 1 aliphatic heterocycles. The van der Waals surface area contributed by atoms with Crippen molar-refractivity contribution in [2.45, 2.75) is 0 Å². The van der Waals surface area contributed by atoms with Gasteiger partial charge in [0.1, 0.15) is 5.82 Å². The van der Waals surface area contributed by atoms with Crippen molar-refractivity contribution in [1.29, 1.82) is 0 Å². The van der Waals surface area contributed by atoms with E-state index in [1.54, 1.807) is 12.3 Å². The highest BCUT2D eigenvalue weighted by Crippen LogP contribution is 2.27. The smallest absolute Gasteiger partial charge is 0.258 e. The Morgan fingerprint density at radius 3 is 2.71 bits per heavy atom. The van der Waals surface area contributed by atoms with E-state index in [0.29, 0.717) is 22.0 Å². The summed E-state index contributed by atoms with van der Waals surface area (Å²) in [5.74, 6) is -1.21. The average Bonchev–Trinajstić information content (AvgIpc) is 2.81. The first kappa shape index (κ1) is 9.77. The highest BCUT2D eigenvalue weighted by Gasteiger charge is 2.24. The SMILES string of the molecule is O=C1C=C(c2c[nH]c3cc(F)ccc23)C(=O)N1. The zero-order valence-corrected chi connectivity index (χ0v) is 8.58. The topological polar surface area (TPSA) is 62.0 Å². The molecule has 2 heterocycles. The fourth-order valence-corrected chi connectivity index (χ4v) is 1.93. The Kier molecular flexibility index (Phi) is 1.89. The molecule has 0 aliphatic carbocycles. The minimum absolute atomic E-state index is 0.299. The van der Waals surface area contributed by atoms with Crippen molar-refractivity contribution in [3.63, 3.8) is 0 Å². The summed E-state index contributed by atoms with van der Waals surface area (Å²) < 4.78 is 13.0. The fraction of sp³-hybridized carbons (Fsp3) is 0. The molecule has 84 valence electrons. The molecule has 5 heteroatoms. The van der Waals surface area contributed by atoms with E-state index in [1.165, 1.54) is 18.2 Å². The summed E-state index contributed by atoms with van der Waals surface area (Å²) in [5, 5.41) is 2.88. The van der Waals surface area contributed by atoms with E-state index < -0.39 is 11.8 Å². The molecule has 1 aliphatic rings. The number of carbonyl (C=O) groups is 2. The van der Waals surface area contributed by atoms with Gasteiger partial charge in [0.2, 0.25) is 0 Å². The van der Waals surface area contributed by atoms with Crippen LogP contribution in [0.2, 0.25) is 0 Å². The number of halogens is 1. The molecule has 0 fully saturated rings. The molecular weight excluding hydrogens is 223 g/mol. The van der Waals surface area contributed by atoms with E-state index >= 15 is 0 Å². The third kappa shape index (κ3) is 1.44. The Balaban J connectivity index is 2.22. The van der Waals surface area contributed by atoms with Gasteiger partial charge in [-0.3, -0.25) is 14.9 Å². The number of imide groups is 1. The lowest BCUT2D eigenvalue weighted by molar-refractivity contribution is -0.123. The van der Waals surface area contributed by atoms with Gasteiger partial charge in [-0.1, -0.05) is 0 Å². The molecule has 0 unspecified atom stereocenters. The molecular formula is C12H7FN2O2. The Bertz CT molecular complexity index is 685. The van der Waals surface area contributed by atoms with Gasteiger partial charge in [-0.15, -0.1) is 0 Å². The number of aromatic amines is 1. The van der Waals surface area contributed by atoms with Gasteiger partial charge in [-0.2, -0.15) is 0 Å². The van der Waals surface area contributed by atoms with Gasteiger partial charge in [0, 0.05) is 28.7 Å². The second kappa shape index (κ2) is 3.28. The van der Waals surface area contributed by atoms with Gasteiger partial charge < -0.3 is 4.98 Å². The first-order valence-corrected chi connectivity index (χ1v) is 4.99. The molecule has 0 atom stereocenters. The van der Waals surface area contributed by atoms with Crippen molar-refractivity contribution in [2.24, 2.45) is 0 Å². The minimum Gasteiger partial charge on any atom is -0.360 e. The number of hydrogen-bond donors (Lipinski definition) is 2. The third-order valence-corrected chi connectivity index (χ3v) is 2.69. The van der Waals surface area contributed by atoms with Gasteiger partial charge in [0.15, 0.2) is 0 Å². The predicted molar refractivity (Wildman–Crippen MR) is 59.4 cm³/mol. The molecule has 0 saturated carbocycles. The number of hydrogen-bond acceptors (Lipinski definition) is 2. The van der Waals surface area contributed by atoms with Crippen LogP contribution in [0.25, 0.3) is 16.5 Å². The number of nitrogens with one attached hydrogen (secondary N) is 2. The van der Waals surface area contributed by atoms with Crippen LogP contribution in [0.5, 0.6) is 0 Å². The van der Waals surface area contributed by atoms with Crippen molar-refractivity contribution in [3.05, 3.63) is 41.9 Å². The first-order chi connectivity index (χ1) is 8.15. The Morgan fingerprint density at radius 2 is 2.00 bits per heavy atom. The Labute approximate surface area is 95.1 Å². The first-order valence-electron chi connectivity index (χ1n) is 4.99. The van der Waals surface area contributed by atoms with Gasteiger partial charge in [-0.05, 0) is 18.2 Å². The summed E-state index contributed by atoms with van der Waals surface area (Å²) in [4.78, 5) is 25.4. The molecule has 0 spiro atoms. The maximum atomic E-state index is 13.0. The van der Waals surface area contributed by atoms with Crippen LogP contribution in [-0.4, -0.2) is 16.8 Å². The van der Waals surface area contributed by atoms with Crippen molar-refractivity contribution in [3.8, 4) is 0 Å². The number of amides is 2. The molecule has 4 nitrogen and oxygen atoms in total. The van der Waals surface area contributed by atoms with E-state index in [0.717, 1.165) is 0 Å². The highest BCUT2D eigenvalue weighted by atomic mass is 19.1. The van der Waals surface area contributed by atoms with Crippen LogP contribution in [-0.2, 0) is 9.59 Å². The lowest BCUT2D eigenvalue weighted by Gasteiger charge is -1.97. The summed E-state index contributed by atoms with van der Waals surface area (Å²) in [6.07, 6.45) is 2.84. The lowest BCUT2D eigenvalue weighted by atomic mass is 10.1. The van der Waals surface area contributed by atoms with E-state index in [9.17, 15) is 14.0 Å². The van der Waals surface area contributed by atoms with Crippen molar-refractivity contribution in [2.75, 3.05) is 0 Å². The maximum absolute atomic E-state index is 13.0. The fourth-order valence-electron chi connectivity index (χ4n) is 1.93. The number of fused-ring (bicyclic) bond motifs is 1. The van der Waals surface area contributed by atoms with Crippen molar-refractivity contribution >= 4 is 28.3 Å². The summed E-state index contributed by atoms with van der Waals surface area (Å²) >= 11 is 0. The summed E-state index contributed by atoms with van der Waals surface area (Å²) in [6.45, 7) is 0. The second-order valence-corrected chi connectivity index (χ2v) is 3.77. The molecule has 0 saturated heterocycles. The largest absolute Gasteiger partial charge is 0.360 e. The number of H-pyrrole nitrogens is 1. The molecule has 1 aromatic heterocycles. The molecule has 3 rings (SSSR count). The second-order valence-electron chi connectivity index (χ2n) is 3.77. The van der Waals surface area contributed by atoms with Crippen molar-refractivity contribution < 1.29 is 14.0 Å². The minimum atomic E-state index is -0.430. The standard InChI is InChI=1S/C12H7FN2O2/c13-6-1-2-7-9(5-14-10(7)3-6)8-4-11(16)15-12(8)17/h1-5,14H,(H,15,16,17). The van der Waals surface area contributed by atoms with Gasteiger partial charge in [0.25, 0.3) is 11.8 Å². The zero-order valence-electron chi connectivity index (χ0n) is 8.58. The van der Waals surface area contributed by atoms with Crippen LogP contribution >= 0.6 is 0 Å². The summed E-state index contributed by atoms with van der Waals surface area (Å²) in [5.41, 5.74) is 1.49. The molecule has 2 aromatic rings. The van der Waals surface area contributed by atoms with Gasteiger partial charge >= 0.3 is 0 Å². The van der Waals surface area contributed by atoms with Crippen molar-refractivity contribution in [1.82, 2.24) is 10.3 Å². The van der Waals surface area contributed by atoms with Gasteiger partial charge in [-0.25, -0.2) is 4.39 Å². The normalized spacial score (nSPS) is 15.2. The van der Waals surface area contributed by atoms with Crippen LogP contribution in [0.15, 0.2) is 30.5 Å². The molecule has 2 amide bonds. The highest BCUT2D eigenvalue weighted by molar-refractivity contribution is 6.35. The number of benzene rings is 1. The third-order valence-electron chi connectivity index (χ3n) is 2.69. The molecule has 17 heavy (non-hydrogen) atoms. The summed E-state index contributed by atoms with van der Waals surface area (Å²) in [7, 11) is 0. The maximum Gasteiger partial charge on any atom is 0.258 e. The Morgan fingerprint density at radius 1 is 1.18 bits per heavy atom. The van der Waals surface area contributed by atoms with E-state index in [-0.39, 0.29) is 5.82 Å². The number of aromatic nitrogens is 1. The van der Waals surface area contributed by atoms with Crippen LogP contribution in [0.1, 0.15) is 5.56 Å². The van der Waals surface area contributed by atoms with Crippen LogP contribution in [0, 0.1) is 5.82 Å². The van der Waals surface area contributed by atoms with Crippen LogP contribution < -0.4 is 5.32 Å². The van der Waals surface area contributed by atoms with E-state index in [4.69, 9.17) is 0 Å². The molecule has 2 N–H and O–H groups in total. The monoisotopic (exact) mass is 230 g/mol. The zero-order chi connectivity index (χ0) is 12.0. The van der Waals surface area contributed by atoms with E-state index in [1.807, 2.05) is 0 Å². The predicted octanol–water partition coefficient (Wildman–Crippen LogP) is 1.35. The van der Waals surface area contributed by atoms with Crippen LogP contribution in [0.3, 0.4) is 0 Å². The average molecular weight is 230 g/mol. The molecule has 1 aromatic carbocycles. The van der Waals surface area contributed by atoms with E-state index in [2.05, 4.69) is 10.3 Å². The molecule has 0 radical (unpaired) electrons.